The maximum absolute atomic E-state index is 13.3. The van der Waals surface area contributed by atoms with Crippen molar-refractivity contribution in [2.75, 3.05) is 20.1 Å². The number of halogens is 2. The molecule has 2 aromatic rings. The second-order valence-electron chi connectivity index (χ2n) is 5.95. The molecule has 0 aliphatic carbocycles. The Morgan fingerprint density at radius 1 is 1.04 bits per heavy atom. The van der Waals surface area contributed by atoms with Crippen LogP contribution >= 0.6 is 24.0 Å². The van der Waals surface area contributed by atoms with Gasteiger partial charge in [-0.2, -0.15) is 0 Å². The minimum atomic E-state index is -0.219. The Hall–Kier alpha value is -2.16. The van der Waals surface area contributed by atoms with Crippen LogP contribution < -0.4 is 16.0 Å². The maximum Gasteiger partial charge on any atom is 0.239 e. The number of nitrogens with one attached hydrogen (secondary N) is 3. The second-order valence-corrected chi connectivity index (χ2v) is 5.95. The van der Waals surface area contributed by atoms with Crippen molar-refractivity contribution in [3.63, 3.8) is 0 Å². The van der Waals surface area contributed by atoms with E-state index >= 15 is 0 Å². The molecule has 0 bridgehead atoms. The normalized spacial score (nSPS) is 10.7. The van der Waals surface area contributed by atoms with Crippen LogP contribution in [0, 0.1) is 12.7 Å². The van der Waals surface area contributed by atoms with Gasteiger partial charge in [0.1, 0.15) is 5.82 Å². The van der Waals surface area contributed by atoms with E-state index in [-0.39, 0.29) is 42.2 Å². The van der Waals surface area contributed by atoms with Crippen LogP contribution in [0.3, 0.4) is 0 Å². The van der Waals surface area contributed by atoms with Gasteiger partial charge in [0.25, 0.3) is 0 Å². The number of carbonyl (C=O) groups is 1. The van der Waals surface area contributed by atoms with Crippen molar-refractivity contribution >= 4 is 35.8 Å². The number of carbonyl (C=O) groups excluding carboxylic acids is 1. The van der Waals surface area contributed by atoms with E-state index in [1.54, 1.807) is 26.1 Å². The molecular weight excluding hydrogens is 458 g/mol. The van der Waals surface area contributed by atoms with Crippen LogP contribution in [0.1, 0.15) is 16.7 Å². The molecule has 0 fully saturated rings. The van der Waals surface area contributed by atoms with Crippen LogP contribution in [0.5, 0.6) is 0 Å². The van der Waals surface area contributed by atoms with Crippen LogP contribution in [0.15, 0.2) is 53.5 Å². The molecule has 0 aromatic heterocycles. The molecule has 0 aliphatic rings. The summed E-state index contributed by atoms with van der Waals surface area (Å²) in [7, 11) is 1.64. The van der Waals surface area contributed by atoms with E-state index in [4.69, 9.17) is 0 Å². The zero-order valence-corrected chi connectivity index (χ0v) is 17.9. The molecule has 7 heteroatoms. The van der Waals surface area contributed by atoms with Gasteiger partial charge in [-0.3, -0.25) is 9.79 Å². The van der Waals surface area contributed by atoms with Gasteiger partial charge in [-0.15, -0.1) is 24.0 Å². The van der Waals surface area contributed by atoms with Crippen molar-refractivity contribution < 1.29 is 9.18 Å². The Kier molecular flexibility index (Phi) is 10.4. The number of benzene rings is 2. The van der Waals surface area contributed by atoms with Crippen LogP contribution in [-0.4, -0.2) is 32.0 Å². The molecule has 0 heterocycles. The Labute approximate surface area is 176 Å². The third kappa shape index (κ3) is 8.38. The second kappa shape index (κ2) is 12.3. The average Bonchev–Trinajstić information content (AvgIpc) is 2.65. The molecular formula is C20H26FIN4O. The molecule has 0 atom stereocenters. The fourth-order valence-electron chi connectivity index (χ4n) is 2.44. The number of hydrogen-bond donors (Lipinski definition) is 3. The van der Waals surface area contributed by atoms with Crippen LogP contribution in [0.2, 0.25) is 0 Å². The Bertz CT molecular complexity index is 753. The van der Waals surface area contributed by atoms with Gasteiger partial charge in [0, 0.05) is 20.1 Å². The largest absolute Gasteiger partial charge is 0.354 e. The van der Waals surface area contributed by atoms with Gasteiger partial charge in [0.05, 0.1) is 6.54 Å². The molecule has 0 saturated carbocycles. The number of hydrogen-bond acceptors (Lipinski definition) is 2. The first-order chi connectivity index (χ1) is 12.6. The standard InChI is InChI=1S/C20H25FN4O.HI/c1-15-12-17(8-9-18(15)21)13-24-20(22-2)25-14-19(26)23-11-10-16-6-4-3-5-7-16;/h3-9,12H,10-11,13-14H2,1-2H3,(H,23,26)(H2,22,24,25);1H. The van der Waals surface area contributed by atoms with Gasteiger partial charge in [-0.25, -0.2) is 4.39 Å². The summed E-state index contributed by atoms with van der Waals surface area (Å²) in [6, 6.07) is 15.0. The van der Waals surface area contributed by atoms with Gasteiger partial charge < -0.3 is 16.0 Å². The summed E-state index contributed by atoms with van der Waals surface area (Å²) >= 11 is 0. The fourth-order valence-corrected chi connectivity index (χ4v) is 2.44. The summed E-state index contributed by atoms with van der Waals surface area (Å²) in [4.78, 5) is 16.0. The molecule has 2 aromatic carbocycles. The quantitative estimate of drug-likeness (QED) is 0.322. The number of aryl methyl sites for hydroxylation is 1. The highest BCUT2D eigenvalue weighted by Gasteiger charge is 2.04. The lowest BCUT2D eigenvalue weighted by atomic mass is 10.1. The number of rotatable bonds is 7. The van der Waals surface area contributed by atoms with Crippen molar-refractivity contribution in [3.8, 4) is 0 Å². The number of nitrogens with zero attached hydrogens (tertiary/aromatic N) is 1. The summed E-state index contributed by atoms with van der Waals surface area (Å²) in [5.41, 5.74) is 2.73. The first-order valence-corrected chi connectivity index (χ1v) is 8.58. The SMILES string of the molecule is CN=C(NCC(=O)NCCc1ccccc1)NCc1ccc(F)c(C)c1.I. The van der Waals surface area contributed by atoms with Gasteiger partial charge in [-0.05, 0) is 36.1 Å². The summed E-state index contributed by atoms with van der Waals surface area (Å²) in [6.07, 6.45) is 0.795. The lowest BCUT2D eigenvalue weighted by Crippen LogP contribution is -2.43. The molecule has 27 heavy (non-hydrogen) atoms. The topological polar surface area (TPSA) is 65.5 Å². The van der Waals surface area contributed by atoms with Crippen LogP contribution in [0.4, 0.5) is 4.39 Å². The monoisotopic (exact) mass is 484 g/mol. The predicted molar refractivity (Wildman–Crippen MR) is 118 cm³/mol. The van der Waals surface area contributed by atoms with E-state index in [9.17, 15) is 9.18 Å². The highest BCUT2D eigenvalue weighted by Crippen LogP contribution is 2.08. The first kappa shape index (κ1) is 22.9. The zero-order valence-electron chi connectivity index (χ0n) is 15.6. The highest BCUT2D eigenvalue weighted by atomic mass is 127. The van der Waals surface area contributed by atoms with E-state index in [1.807, 2.05) is 30.3 Å². The van der Waals surface area contributed by atoms with Gasteiger partial charge in [0.15, 0.2) is 5.96 Å². The molecule has 0 radical (unpaired) electrons. The van der Waals surface area contributed by atoms with Crippen molar-refractivity contribution in [1.82, 2.24) is 16.0 Å². The molecule has 5 nitrogen and oxygen atoms in total. The van der Waals surface area contributed by atoms with Gasteiger partial charge >= 0.3 is 0 Å². The summed E-state index contributed by atoms with van der Waals surface area (Å²) in [5.74, 6) is 0.204. The molecule has 146 valence electrons. The third-order valence-corrected chi connectivity index (χ3v) is 3.90. The Balaban J connectivity index is 0.00000364. The Morgan fingerprint density at radius 2 is 1.78 bits per heavy atom. The van der Waals surface area contributed by atoms with E-state index in [1.165, 1.54) is 11.6 Å². The lowest BCUT2D eigenvalue weighted by Gasteiger charge is -2.12. The maximum atomic E-state index is 13.3. The third-order valence-electron chi connectivity index (χ3n) is 3.90. The summed E-state index contributed by atoms with van der Waals surface area (Å²) in [6.45, 7) is 2.95. The molecule has 0 spiro atoms. The minimum Gasteiger partial charge on any atom is -0.354 e. The molecule has 0 saturated heterocycles. The highest BCUT2D eigenvalue weighted by molar-refractivity contribution is 14.0. The van der Waals surface area contributed by atoms with Gasteiger partial charge in [0.2, 0.25) is 5.91 Å². The molecule has 1 amide bonds. The summed E-state index contributed by atoms with van der Waals surface area (Å²) < 4.78 is 13.3. The first-order valence-electron chi connectivity index (χ1n) is 8.58. The molecule has 0 unspecified atom stereocenters. The molecule has 3 N–H and O–H groups in total. The van der Waals surface area contributed by atoms with E-state index in [0.29, 0.717) is 24.6 Å². The number of guanidine groups is 1. The van der Waals surface area contributed by atoms with Crippen LogP contribution in [0.25, 0.3) is 0 Å². The predicted octanol–water partition coefficient (Wildman–Crippen LogP) is 2.78. The van der Waals surface area contributed by atoms with E-state index < -0.39 is 0 Å². The van der Waals surface area contributed by atoms with Crippen molar-refractivity contribution in [2.24, 2.45) is 4.99 Å². The fraction of sp³-hybridized carbons (Fsp3) is 0.300. The molecule has 2 rings (SSSR count). The lowest BCUT2D eigenvalue weighted by molar-refractivity contribution is -0.119. The Morgan fingerprint density at radius 3 is 2.44 bits per heavy atom. The zero-order chi connectivity index (χ0) is 18.8. The average molecular weight is 484 g/mol. The van der Waals surface area contributed by atoms with Crippen molar-refractivity contribution in [1.29, 1.82) is 0 Å². The van der Waals surface area contributed by atoms with E-state index in [0.717, 1.165) is 12.0 Å². The van der Waals surface area contributed by atoms with Crippen molar-refractivity contribution in [3.05, 3.63) is 71.0 Å². The smallest absolute Gasteiger partial charge is 0.239 e. The van der Waals surface area contributed by atoms with Crippen molar-refractivity contribution in [2.45, 2.75) is 19.9 Å². The van der Waals surface area contributed by atoms with Gasteiger partial charge in [-0.1, -0.05) is 42.5 Å². The number of aliphatic imine (C=N–C) groups is 1. The molecule has 0 aliphatic heterocycles. The van der Waals surface area contributed by atoms with Crippen LogP contribution in [-0.2, 0) is 17.8 Å². The minimum absolute atomic E-state index is 0. The van der Waals surface area contributed by atoms with E-state index in [2.05, 4.69) is 20.9 Å². The summed E-state index contributed by atoms with van der Waals surface area (Å²) in [5, 5.41) is 8.95. The number of amides is 1.